The van der Waals surface area contributed by atoms with Gasteiger partial charge in [0.1, 0.15) is 0 Å². The third kappa shape index (κ3) is 4.19. The van der Waals surface area contributed by atoms with Crippen LogP contribution < -0.4 is 5.32 Å². The summed E-state index contributed by atoms with van der Waals surface area (Å²) in [5, 5.41) is 4.20. The first-order valence-corrected chi connectivity index (χ1v) is 6.67. The van der Waals surface area contributed by atoms with Gasteiger partial charge in [0.05, 0.1) is 11.7 Å². The maximum Gasteiger partial charge on any atom is 0.0591 e. The Bertz CT molecular complexity index is 525. The van der Waals surface area contributed by atoms with E-state index < -0.39 is 0 Å². The lowest BCUT2D eigenvalue weighted by molar-refractivity contribution is 0.526. The summed E-state index contributed by atoms with van der Waals surface area (Å²) in [5.41, 5.74) is 2.20. The fraction of sp³-hybridized carbons (Fsp3) is 0.188. The fourth-order valence-electron chi connectivity index (χ4n) is 1.92. The van der Waals surface area contributed by atoms with Gasteiger partial charge in [-0.25, -0.2) is 0 Å². The molecule has 0 radical (unpaired) electrons. The second-order valence-electron chi connectivity index (χ2n) is 4.34. The van der Waals surface area contributed by atoms with Crippen LogP contribution in [0.15, 0.2) is 61.3 Å². The number of pyridine rings is 1. The summed E-state index contributed by atoms with van der Waals surface area (Å²) >= 11 is 6.01. The van der Waals surface area contributed by atoms with Crippen molar-refractivity contribution in [1.82, 2.24) is 10.3 Å². The Kier molecular flexibility index (Phi) is 5.13. The molecule has 0 aliphatic rings. The SMILES string of the molecule is C=CC[C@H](NCc1ccccc1)c1cc(Cl)ccn1. The van der Waals surface area contributed by atoms with Gasteiger partial charge in [0.15, 0.2) is 0 Å². The normalized spacial score (nSPS) is 12.1. The summed E-state index contributed by atoms with van der Waals surface area (Å²) in [5.74, 6) is 0. The van der Waals surface area contributed by atoms with E-state index in [4.69, 9.17) is 11.6 Å². The van der Waals surface area contributed by atoms with Crippen LogP contribution in [0.25, 0.3) is 0 Å². The van der Waals surface area contributed by atoms with Crippen LogP contribution in [0.5, 0.6) is 0 Å². The Labute approximate surface area is 119 Å². The predicted molar refractivity (Wildman–Crippen MR) is 80.1 cm³/mol. The summed E-state index contributed by atoms with van der Waals surface area (Å²) in [4.78, 5) is 4.38. The van der Waals surface area contributed by atoms with Crippen LogP contribution in [0.2, 0.25) is 5.02 Å². The van der Waals surface area contributed by atoms with E-state index >= 15 is 0 Å². The van der Waals surface area contributed by atoms with Gasteiger partial charge in [-0.1, -0.05) is 48.0 Å². The van der Waals surface area contributed by atoms with Crippen LogP contribution in [0.3, 0.4) is 0 Å². The highest BCUT2D eigenvalue weighted by molar-refractivity contribution is 6.30. The van der Waals surface area contributed by atoms with Gasteiger partial charge in [0.2, 0.25) is 0 Å². The molecule has 0 amide bonds. The topological polar surface area (TPSA) is 24.9 Å². The number of halogens is 1. The van der Waals surface area contributed by atoms with E-state index in [-0.39, 0.29) is 6.04 Å². The molecule has 98 valence electrons. The van der Waals surface area contributed by atoms with E-state index in [1.165, 1.54) is 5.56 Å². The molecule has 2 aromatic rings. The molecule has 1 heterocycles. The molecule has 0 spiro atoms. The second kappa shape index (κ2) is 7.07. The Morgan fingerprint density at radius 2 is 2.05 bits per heavy atom. The first-order valence-electron chi connectivity index (χ1n) is 6.29. The molecule has 2 rings (SSSR count). The van der Waals surface area contributed by atoms with Crippen LogP contribution in [-0.2, 0) is 6.54 Å². The van der Waals surface area contributed by atoms with E-state index in [9.17, 15) is 0 Å². The van der Waals surface area contributed by atoms with Crippen molar-refractivity contribution in [3.63, 3.8) is 0 Å². The van der Waals surface area contributed by atoms with E-state index in [2.05, 4.69) is 29.0 Å². The molecule has 0 aliphatic heterocycles. The van der Waals surface area contributed by atoms with Gasteiger partial charge in [0.25, 0.3) is 0 Å². The third-order valence-electron chi connectivity index (χ3n) is 2.90. The largest absolute Gasteiger partial charge is 0.304 e. The van der Waals surface area contributed by atoms with Crippen molar-refractivity contribution in [1.29, 1.82) is 0 Å². The predicted octanol–water partition coefficient (Wildman–Crippen LogP) is 4.14. The van der Waals surface area contributed by atoms with Crippen molar-refractivity contribution in [3.05, 3.63) is 77.6 Å². The lowest BCUT2D eigenvalue weighted by Gasteiger charge is -2.17. The quantitative estimate of drug-likeness (QED) is 0.800. The molecule has 1 atom stereocenters. The van der Waals surface area contributed by atoms with Crippen molar-refractivity contribution in [2.45, 2.75) is 19.0 Å². The molecule has 0 saturated heterocycles. The average molecular weight is 273 g/mol. The zero-order valence-electron chi connectivity index (χ0n) is 10.7. The molecule has 0 bridgehead atoms. The smallest absolute Gasteiger partial charge is 0.0591 e. The molecule has 0 aliphatic carbocycles. The molecule has 19 heavy (non-hydrogen) atoms. The lowest BCUT2D eigenvalue weighted by atomic mass is 10.1. The maximum atomic E-state index is 6.01. The van der Waals surface area contributed by atoms with Gasteiger partial charge in [-0.15, -0.1) is 6.58 Å². The minimum absolute atomic E-state index is 0.136. The molecule has 1 aromatic carbocycles. The fourth-order valence-corrected chi connectivity index (χ4v) is 2.09. The number of rotatable bonds is 6. The van der Waals surface area contributed by atoms with Crippen molar-refractivity contribution >= 4 is 11.6 Å². The number of nitrogens with one attached hydrogen (secondary N) is 1. The van der Waals surface area contributed by atoms with Gasteiger partial charge in [-0.05, 0) is 24.1 Å². The monoisotopic (exact) mass is 272 g/mol. The first-order chi connectivity index (χ1) is 9.29. The Morgan fingerprint density at radius 3 is 2.74 bits per heavy atom. The molecule has 0 unspecified atom stereocenters. The van der Waals surface area contributed by atoms with Gasteiger partial charge < -0.3 is 5.32 Å². The second-order valence-corrected chi connectivity index (χ2v) is 4.78. The number of hydrogen-bond acceptors (Lipinski definition) is 2. The Hall–Kier alpha value is -1.64. The van der Waals surface area contributed by atoms with Crippen LogP contribution in [0.1, 0.15) is 23.7 Å². The van der Waals surface area contributed by atoms with Gasteiger partial charge >= 0.3 is 0 Å². The van der Waals surface area contributed by atoms with Crippen LogP contribution in [0.4, 0.5) is 0 Å². The third-order valence-corrected chi connectivity index (χ3v) is 3.13. The number of benzene rings is 1. The minimum atomic E-state index is 0.136. The highest BCUT2D eigenvalue weighted by atomic mass is 35.5. The number of hydrogen-bond donors (Lipinski definition) is 1. The summed E-state index contributed by atoms with van der Waals surface area (Å²) in [7, 11) is 0. The van der Waals surface area contributed by atoms with E-state index in [0.29, 0.717) is 5.02 Å². The summed E-state index contributed by atoms with van der Waals surface area (Å²) in [6.45, 7) is 4.60. The van der Waals surface area contributed by atoms with Gasteiger partial charge in [-0.2, -0.15) is 0 Å². The van der Waals surface area contributed by atoms with Crippen molar-refractivity contribution in [2.75, 3.05) is 0 Å². The van der Waals surface area contributed by atoms with Gasteiger partial charge in [-0.3, -0.25) is 4.98 Å². The van der Waals surface area contributed by atoms with Gasteiger partial charge in [0, 0.05) is 17.8 Å². The van der Waals surface area contributed by atoms with Crippen LogP contribution in [0, 0.1) is 0 Å². The summed E-state index contributed by atoms with van der Waals surface area (Å²) in [6, 6.07) is 14.1. The standard InChI is InChI=1S/C16H17ClN2/c1-2-6-15(16-11-14(17)9-10-18-16)19-12-13-7-4-3-5-8-13/h2-5,7-11,15,19H,1,6,12H2/t15-/m0/s1. The van der Waals surface area contributed by atoms with E-state index in [0.717, 1.165) is 18.7 Å². The molecule has 1 aromatic heterocycles. The highest BCUT2D eigenvalue weighted by Gasteiger charge is 2.11. The summed E-state index contributed by atoms with van der Waals surface area (Å²) < 4.78 is 0. The molecule has 3 heteroatoms. The zero-order chi connectivity index (χ0) is 13.5. The Balaban J connectivity index is 2.06. The first kappa shape index (κ1) is 13.8. The van der Waals surface area contributed by atoms with E-state index in [1.807, 2.05) is 30.3 Å². The number of aromatic nitrogens is 1. The molecular formula is C16H17ClN2. The molecule has 1 N–H and O–H groups in total. The average Bonchev–Trinajstić information content (AvgIpc) is 2.44. The Morgan fingerprint density at radius 1 is 1.26 bits per heavy atom. The molecular weight excluding hydrogens is 256 g/mol. The minimum Gasteiger partial charge on any atom is -0.304 e. The van der Waals surface area contributed by atoms with E-state index in [1.54, 1.807) is 12.3 Å². The van der Waals surface area contributed by atoms with Crippen LogP contribution >= 0.6 is 11.6 Å². The molecule has 2 nitrogen and oxygen atoms in total. The molecule has 0 fully saturated rings. The maximum absolute atomic E-state index is 6.01. The van der Waals surface area contributed by atoms with Crippen molar-refractivity contribution in [3.8, 4) is 0 Å². The number of nitrogens with zero attached hydrogens (tertiary/aromatic N) is 1. The zero-order valence-corrected chi connectivity index (χ0v) is 11.5. The van der Waals surface area contributed by atoms with Crippen LogP contribution in [-0.4, -0.2) is 4.98 Å². The molecule has 0 saturated carbocycles. The van der Waals surface area contributed by atoms with Crippen molar-refractivity contribution in [2.24, 2.45) is 0 Å². The highest BCUT2D eigenvalue weighted by Crippen LogP contribution is 2.19. The van der Waals surface area contributed by atoms with Crippen molar-refractivity contribution < 1.29 is 0 Å². The lowest BCUT2D eigenvalue weighted by Crippen LogP contribution is -2.21. The summed E-state index contributed by atoms with van der Waals surface area (Å²) in [6.07, 6.45) is 4.45.